The van der Waals surface area contributed by atoms with Crippen molar-refractivity contribution in [1.82, 2.24) is 10.2 Å². The van der Waals surface area contributed by atoms with Crippen LogP contribution in [0.5, 0.6) is 0 Å². The van der Waals surface area contributed by atoms with E-state index in [1.54, 1.807) is 0 Å². The molecule has 2 fully saturated rings. The van der Waals surface area contributed by atoms with Gasteiger partial charge < -0.3 is 10.2 Å². The number of benzene rings is 1. The minimum Gasteiger partial charge on any atom is -0.310 e. The molecule has 2 nitrogen and oxygen atoms in total. The highest BCUT2D eigenvalue weighted by Gasteiger charge is 2.26. The summed E-state index contributed by atoms with van der Waals surface area (Å²) in [6.45, 7) is 3.59. The first-order valence-corrected chi connectivity index (χ1v) is 8.82. The van der Waals surface area contributed by atoms with Gasteiger partial charge in [0.1, 0.15) is 0 Å². The second-order valence-electron chi connectivity index (χ2n) is 6.26. The van der Waals surface area contributed by atoms with Gasteiger partial charge in [-0.2, -0.15) is 0 Å². The van der Waals surface area contributed by atoms with Crippen LogP contribution in [-0.2, 0) is 6.54 Å². The zero-order valence-electron chi connectivity index (χ0n) is 12.2. The molecule has 1 aromatic carbocycles. The number of rotatable bonds is 4. The van der Waals surface area contributed by atoms with Crippen molar-refractivity contribution < 1.29 is 0 Å². The van der Waals surface area contributed by atoms with E-state index in [0.29, 0.717) is 6.04 Å². The summed E-state index contributed by atoms with van der Waals surface area (Å²) in [5, 5.41) is 3.73. The molecule has 3 rings (SSSR count). The lowest BCUT2D eigenvalue weighted by Crippen LogP contribution is -2.45. The topological polar surface area (TPSA) is 15.3 Å². The van der Waals surface area contributed by atoms with Gasteiger partial charge in [0.25, 0.3) is 0 Å². The fourth-order valence-corrected chi connectivity index (χ4v) is 3.87. The van der Waals surface area contributed by atoms with Crippen molar-refractivity contribution in [2.45, 2.75) is 57.2 Å². The third-order valence-electron chi connectivity index (χ3n) is 4.88. The maximum atomic E-state index is 3.73. The Morgan fingerprint density at radius 2 is 1.65 bits per heavy atom. The first-order chi connectivity index (χ1) is 9.81. The summed E-state index contributed by atoms with van der Waals surface area (Å²) < 4.78 is 1.16. The van der Waals surface area contributed by atoms with Crippen LogP contribution in [0.15, 0.2) is 28.7 Å². The SMILES string of the molecule is Brc1ccc(CNC2CCN(C3CCCC3)CC2)cc1. The summed E-state index contributed by atoms with van der Waals surface area (Å²) in [5.41, 5.74) is 1.38. The highest BCUT2D eigenvalue weighted by molar-refractivity contribution is 9.10. The molecule has 1 saturated heterocycles. The van der Waals surface area contributed by atoms with Gasteiger partial charge in [0.05, 0.1) is 0 Å². The predicted molar refractivity (Wildman–Crippen MR) is 87.8 cm³/mol. The van der Waals surface area contributed by atoms with E-state index in [1.807, 2.05) is 0 Å². The number of piperidine rings is 1. The van der Waals surface area contributed by atoms with E-state index in [2.05, 4.69) is 50.4 Å². The Kier molecular flexibility index (Phi) is 5.14. The van der Waals surface area contributed by atoms with Gasteiger partial charge in [-0.1, -0.05) is 40.9 Å². The van der Waals surface area contributed by atoms with E-state index in [1.165, 1.54) is 57.2 Å². The van der Waals surface area contributed by atoms with Gasteiger partial charge in [0.2, 0.25) is 0 Å². The summed E-state index contributed by atoms with van der Waals surface area (Å²) in [7, 11) is 0. The molecule has 0 aromatic heterocycles. The molecule has 1 aliphatic carbocycles. The van der Waals surface area contributed by atoms with Gasteiger partial charge >= 0.3 is 0 Å². The second kappa shape index (κ2) is 7.06. The van der Waals surface area contributed by atoms with Gasteiger partial charge in [-0.15, -0.1) is 0 Å². The Morgan fingerprint density at radius 1 is 1.00 bits per heavy atom. The van der Waals surface area contributed by atoms with Crippen molar-refractivity contribution in [3.05, 3.63) is 34.3 Å². The molecule has 1 saturated carbocycles. The molecule has 0 bridgehead atoms. The van der Waals surface area contributed by atoms with Crippen molar-refractivity contribution in [1.29, 1.82) is 0 Å². The molecule has 0 amide bonds. The second-order valence-corrected chi connectivity index (χ2v) is 7.17. The van der Waals surface area contributed by atoms with Crippen LogP contribution in [0, 0.1) is 0 Å². The maximum absolute atomic E-state index is 3.73. The Morgan fingerprint density at radius 3 is 2.30 bits per heavy atom. The summed E-state index contributed by atoms with van der Waals surface area (Å²) in [4.78, 5) is 2.74. The number of halogens is 1. The summed E-state index contributed by atoms with van der Waals surface area (Å²) in [6.07, 6.45) is 8.41. The first kappa shape index (κ1) is 14.6. The molecule has 2 aliphatic rings. The lowest BCUT2D eigenvalue weighted by molar-refractivity contribution is 0.144. The average Bonchev–Trinajstić information content (AvgIpc) is 3.01. The van der Waals surface area contributed by atoms with Crippen LogP contribution < -0.4 is 5.32 Å². The van der Waals surface area contributed by atoms with Crippen LogP contribution in [0.25, 0.3) is 0 Å². The summed E-state index contributed by atoms with van der Waals surface area (Å²) >= 11 is 3.49. The van der Waals surface area contributed by atoms with E-state index in [0.717, 1.165) is 17.1 Å². The van der Waals surface area contributed by atoms with Crippen LogP contribution >= 0.6 is 15.9 Å². The number of hydrogen-bond donors (Lipinski definition) is 1. The van der Waals surface area contributed by atoms with Crippen molar-refractivity contribution in [2.24, 2.45) is 0 Å². The van der Waals surface area contributed by atoms with Crippen molar-refractivity contribution in [2.75, 3.05) is 13.1 Å². The Labute approximate surface area is 131 Å². The normalized spacial score (nSPS) is 22.4. The molecular formula is C17H25BrN2. The third-order valence-corrected chi connectivity index (χ3v) is 5.41. The lowest BCUT2D eigenvalue weighted by Gasteiger charge is -2.36. The lowest BCUT2D eigenvalue weighted by atomic mass is 10.0. The van der Waals surface area contributed by atoms with Crippen molar-refractivity contribution >= 4 is 15.9 Å². The van der Waals surface area contributed by atoms with Crippen molar-refractivity contribution in [3.63, 3.8) is 0 Å². The van der Waals surface area contributed by atoms with E-state index in [4.69, 9.17) is 0 Å². The van der Waals surface area contributed by atoms with E-state index in [-0.39, 0.29) is 0 Å². The van der Waals surface area contributed by atoms with Crippen LogP contribution in [0.3, 0.4) is 0 Å². The minimum atomic E-state index is 0.705. The average molecular weight is 337 g/mol. The zero-order valence-corrected chi connectivity index (χ0v) is 13.7. The quantitative estimate of drug-likeness (QED) is 0.895. The Hall–Kier alpha value is -0.380. The fourth-order valence-electron chi connectivity index (χ4n) is 3.60. The van der Waals surface area contributed by atoms with Gasteiger partial charge in [0, 0.05) is 23.1 Å². The zero-order chi connectivity index (χ0) is 13.8. The molecular weight excluding hydrogens is 312 g/mol. The predicted octanol–water partition coefficient (Wildman–Crippen LogP) is 3.95. The Balaban J connectivity index is 1.41. The molecule has 0 spiro atoms. The molecule has 0 radical (unpaired) electrons. The van der Waals surface area contributed by atoms with Crippen LogP contribution in [0.1, 0.15) is 44.1 Å². The van der Waals surface area contributed by atoms with Gasteiger partial charge in [0.15, 0.2) is 0 Å². The maximum Gasteiger partial charge on any atom is 0.0208 e. The van der Waals surface area contributed by atoms with Crippen LogP contribution in [0.4, 0.5) is 0 Å². The van der Waals surface area contributed by atoms with Gasteiger partial charge in [-0.05, 0) is 56.5 Å². The Bertz CT molecular complexity index is 404. The largest absolute Gasteiger partial charge is 0.310 e. The van der Waals surface area contributed by atoms with Crippen molar-refractivity contribution in [3.8, 4) is 0 Å². The first-order valence-electron chi connectivity index (χ1n) is 8.03. The molecule has 3 heteroatoms. The van der Waals surface area contributed by atoms with E-state index >= 15 is 0 Å². The number of nitrogens with zero attached hydrogens (tertiary/aromatic N) is 1. The standard InChI is InChI=1S/C17H25BrN2/c18-15-7-5-14(6-8-15)13-19-16-9-11-20(12-10-16)17-3-1-2-4-17/h5-8,16-17,19H,1-4,9-13H2. The summed E-state index contributed by atoms with van der Waals surface area (Å²) in [5.74, 6) is 0. The molecule has 0 atom stereocenters. The number of likely N-dealkylation sites (tertiary alicyclic amines) is 1. The molecule has 1 aromatic rings. The molecule has 0 unspecified atom stereocenters. The van der Waals surface area contributed by atoms with Gasteiger partial charge in [-0.25, -0.2) is 0 Å². The summed E-state index contributed by atoms with van der Waals surface area (Å²) in [6, 6.07) is 10.3. The van der Waals surface area contributed by atoms with Gasteiger partial charge in [-0.3, -0.25) is 0 Å². The molecule has 20 heavy (non-hydrogen) atoms. The number of hydrogen-bond acceptors (Lipinski definition) is 2. The molecule has 1 N–H and O–H groups in total. The highest BCUT2D eigenvalue weighted by atomic mass is 79.9. The highest BCUT2D eigenvalue weighted by Crippen LogP contribution is 2.26. The molecule has 1 heterocycles. The third kappa shape index (κ3) is 3.84. The molecule has 1 aliphatic heterocycles. The smallest absolute Gasteiger partial charge is 0.0208 e. The van der Waals surface area contributed by atoms with Crippen LogP contribution in [-0.4, -0.2) is 30.1 Å². The monoisotopic (exact) mass is 336 g/mol. The van der Waals surface area contributed by atoms with E-state index < -0.39 is 0 Å². The number of nitrogens with one attached hydrogen (secondary N) is 1. The fraction of sp³-hybridized carbons (Fsp3) is 0.647. The molecule has 110 valence electrons. The van der Waals surface area contributed by atoms with Crippen LogP contribution in [0.2, 0.25) is 0 Å². The van der Waals surface area contributed by atoms with E-state index in [9.17, 15) is 0 Å². The minimum absolute atomic E-state index is 0.705.